The maximum atomic E-state index is 13.4. The summed E-state index contributed by atoms with van der Waals surface area (Å²) < 4.78 is 24.3. The Morgan fingerprint density at radius 3 is 2.75 bits per heavy atom. The molecule has 0 bridgehead atoms. The predicted octanol–water partition coefficient (Wildman–Crippen LogP) is 2.03. The third-order valence-corrected chi connectivity index (χ3v) is 3.38. The van der Waals surface area contributed by atoms with Gasteiger partial charge in [0.25, 0.3) is 0 Å². The van der Waals surface area contributed by atoms with E-state index in [-0.39, 0.29) is 18.1 Å². The van der Waals surface area contributed by atoms with Crippen LogP contribution in [-0.4, -0.2) is 31.5 Å². The van der Waals surface area contributed by atoms with Crippen LogP contribution in [0, 0.1) is 5.82 Å². The van der Waals surface area contributed by atoms with E-state index in [4.69, 9.17) is 9.47 Å². The van der Waals surface area contributed by atoms with E-state index in [9.17, 15) is 9.18 Å². The van der Waals surface area contributed by atoms with Gasteiger partial charge < -0.3 is 14.8 Å². The van der Waals surface area contributed by atoms with Crippen LogP contribution in [0.5, 0.6) is 0 Å². The zero-order valence-electron chi connectivity index (χ0n) is 11.7. The van der Waals surface area contributed by atoms with E-state index in [0.717, 1.165) is 0 Å². The Morgan fingerprint density at radius 2 is 2.05 bits per heavy atom. The molecule has 0 aliphatic carbocycles. The highest BCUT2D eigenvalue weighted by Gasteiger charge is 2.30. The number of benzene rings is 1. The van der Waals surface area contributed by atoms with Crippen molar-refractivity contribution in [1.82, 2.24) is 5.32 Å². The van der Waals surface area contributed by atoms with Gasteiger partial charge in [0.05, 0.1) is 13.2 Å². The minimum atomic E-state index is -0.585. The van der Waals surface area contributed by atoms with Crippen LogP contribution in [0.25, 0.3) is 0 Å². The molecule has 1 amide bonds. The summed E-state index contributed by atoms with van der Waals surface area (Å²) in [6.45, 7) is 3.55. The molecule has 0 atom stereocenters. The molecule has 1 aliphatic heterocycles. The van der Waals surface area contributed by atoms with Crippen LogP contribution in [0.15, 0.2) is 24.3 Å². The Hall–Kier alpha value is -1.46. The van der Waals surface area contributed by atoms with E-state index in [1.54, 1.807) is 18.2 Å². The van der Waals surface area contributed by atoms with Gasteiger partial charge in [-0.2, -0.15) is 0 Å². The lowest BCUT2D eigenvalue weighted by Gasteiger charge is -2.22. The molecule has 20 heavy (non-hydrogen) atoms. The fourth-order valence-electron chi connectivity index (χ4n) is 2.17. The average Bonchev–Trinajstić information content (AvgIpc) is 2.85. The number of nitrogens with one attached hydrogen (secondary N) is 1. The van der Waals surface area contributed by atoms with Crippen molar-refractivity contribution in [3.05, 3.63) is 35.6 Å². The number of carbonyl (C=O) groups excluding carboxylic acids is 1. The second kappa shape index (κ2) is 6.81. The molecular formula is C15H20FNO3. The Kier molecular flexibility index (Phi) is 5.09. The predicted molar refractivity (Wildman–Crippen MR) is 72.7 cm³/mol. The Labute approximate surface area is 118 Å². The van der Waals surface area contributed by atoms with Crippen molar-refractivity contribution in [1.29, 1.82) is 0 Å². The number of carbonyl (C=O) groups is 1. The van der Waals surface area contributed by atoms with Gasteiger partial charge in [-0.1, -0.05) is 18.2 Å². The molecule has 0 spiro atoms. The van der Waals surface area contributed by atoms with Gasteiger partial charge in [0, 0.05) is 19.4 Å². The Morgan fingerprint density at radius 1 is 1.35 bits per heavy atom. The lowest BCUT2D eigenvalue weighted by atomic mass is 10.1. The highest BCUT2D eigenvalue weighted by Crippen LogP contribution is 2.21. The molecule has 110 valence electrons. The lowest BCUT2D eigenvalue weighted by molar-refractivity contribution is -0.146. The van der Waals surface area contributed by atoms with Gasteiger partial charge >= 0.3 is 0 Å². The standard InChI is InChI=1S/C15H20FNO3/c1-15(19-10-11-20-15)8-9-17-14(18)7-6-12-4-2-3-5-13(12)16/h2-5H,6-11H2,1H3,(H,17,18). The normalized spacial score (nSPS) is 17.1. The largest absolute Gasteiger partial charge is 0.356 e. The maximum Gasteiger partial charge on any atom is 0.220 e. The van der Waals surface area contributed by atoms with Crippen molar-refractivity contribution in [3.63, 3.8) is 0 Å². The highest BCUT2D eigenvalue weighted by atomic mass is 19.1. The van der Waals surface area contributed by atoms with E-state index in [2.05, 4.69) is 5.32 Å². The van der Waals surface area contributed by atoms with Crippen molar-refractivity contribution >= 4 is 5.91 Å². The first-order valence-corrected chi connectivity index (χ1v) is 6.87. The second-order valence-corrected chi connectivity index (χ2v) is 5.02. The van der Waals surface area contributed by atoms with Gasteiger partial charge in [0.15, 0.2) is 5.79 Å². The molecule has 0 unspecified atom stereocenters. The highest BCUT2D eigenvalue weighted by molar-refractivity contribution is 5.76. The number of rotatable bonds is 6. The van der Waals surface area contributed by atoms with Gasteiger partial charge in [-0.3, -0.25) is 4.79 Å². The number of ether oxygens (including phenoxy) is 2. The van der Waals surface area contributed by atoms with Crippen molar-refractivity contribution in [2.75, 3.05) is 19.8 Å². The molecule has 0 aromatic heterocycles. The van der Waals surface area contributed by atoms with Crippen LogP contribution in [0.4, 0.5) is 4.39 Å². The molecule has 4 nitrogen and oxygen atoms in total. The van der Waals surface area contributed by atoms with Crippen LogP contribution >= 0.6 is 0 Å². The molecule has 1 aliphatic rings. The summed E-state index contributed by atoms with van der Waals surface area (Å²) in [5, 5.41) is 2.80. The summed E-state index contributed by atoms with van der Waals surface area (Å²) in [5.41, 5.74) is 0.567. The van der Waals surface area contributed by atoms with Gasteiger partial charge in [-0.05, 0) is 25.0 Å². The van der Waals surface area contributed by atoms with Crippen molar-refractivity contribution in [2.24, 2.45) is 0 Å². The molecule has 0 radical (unpaired) electrons. The third kappa shape index (κ3) is 4.28. The van der Waals surface area contributed by atoms with Crippen molar-refractivity contribution in [2.45, 2.75) is 32.0 Å². The number of hydrogen-bond donors (Lipinski definition) is 1. The maximum absolute atomic E-state index is 13.4. The van der Waals surface area contributed by atoms with Gasteiger partial charge in [0.1, 0.15) is 5.82 Å². The zero-order chi connectivity index (χ0) is 14.4. The van der Waals surface area contributed by atoms with Crippen LogP contribution in [0.3, 0.4) is 0 Å². The molecule has 2 rings (SSSR count). The smallest absolute Gasteiger partial charge is 0.220 e. The first kappa shape index (κ1) is 14.9. The van der Waals surface area contributed by atoms with Gasteiger partial charge in [0.2, 0.25) is 5.91 Å². The van der Waals surface area contributed by atoms with E-state index in [1.807, 2.05) is 6.92 Å². The van der Waals surface area contributed by atoms with Crippen LogP contribution in [-0.2, 0) is 20.7 Å². The summed E-state index contributed by atoms with van der Waals surface area (Å²) in [7, 11) is 0. The summed E-state index contributed by atoms with van der Waals surface area (Å²) in [6.07, 6.45) is 1.29. The molecular weight excluding hydrogens is 261 g/mol. The Bertz CT molecular complexity index is 458. The van der Waals surface area contributed by atoms with E-state index < -0.39 is 5.79 Å². The minimum absolute atomic E-state index is 0.0881. The first-order chi connectivity index (χ1) is 9.59. The van der Waals surface area contributed by atoms with E-state index in [1.165, 1.54) is 6.07 Å². The molecule has 1 aromatic rings. The molecule has 1 aromatic carbocycles. The summed E-state index contributed by atoms with van der Waals surface area (Å²) >= 11 is 0. The molecule has 1 N–H and O–H groups in total. The SMILES string of the molecule is CC1(CCNC(=O)CCc2ccccc2F)OCCO1. The number of aryl methyl sites for hydroxylation is 1. The van der Waals surface area contributed by atoms with Gasteiger partial charge in [-0.25, -0.2) is 4.39 Å². The van der Waals surface area contributed by atoms with Crippen molar-refractivity contribution < 1.29 is 18.7 Å². The summed E-state index contributed by atoms with van der Waals surface area (Å²) in [4.78, 5) is 11.7. The fourth-order valence-corrected chi connectivity index (χ4v) is 2.17. The lowest BCUT2D eigenvalue weighted by Crippen LogP contribution is -2.33. The molecule has 1 saturated heterocycles. The first-order valence-electron chi connectivity index (χ1n) is 6.87. The van der Waals surface area contributed by atoms with Crippen LogP contribution in [0.2, 0.25) is 0 Å². The third-order valence-electron chi connectivity index (χ3n) is 3.38. The average molecular weight is 281 g/mol. The van der Waals surface area contributed by atoms with E-state index >= 15 is 0 Å². The fraction of sp³-hybridized carbons (Fsp3) is 0.533. The number of halogens is 1. The Balaban J connectivity index is 1.67. The zero-order valence-corrected chi connectivity index (χ0v) is 11.7. The molecule has 1 heterocycles. The number of amides is 1. The minimum Gasteiger partial charge on any atom is -0.356 e. The molecule has 0 saturated carbocycles. The van der Waals surface area contributed by atoms with Crippen molar-refractivity contribution in [3.8, 4) is 0 Å². The van der Waals surface area contributed by atoms with E-state index in [0.29, 0.717) is 38.2 Å². The monoisotopic (exact) mass is 281 g/mol. The summed E-state index contributed by atoms with van der Waals surface area (Å²) in [5.74, 6) is -0.936. The van der Waals surface area contributed by atoms with Crippen LogP contribution < -0.4 is 5.32 Å². The quantitative estimate of drug-likeness (QED) is 0.868. The molecule has 5 heteroatoms. The van der Waals surface area contributed by atoms with Crippen LogP contribution in [0.1, 0.15) is 25.3 Å². The number of hydrogen-bond acceptors (Lipinski definition) is 3. The topological polar surface area (TPSA) is 47.6 Å². The summed E-state index contributed by atoms with van der Waals surface area (Å²) in [6, 6.07) is 6.51. The van der Waals surface area contributed by atoms with Gasteiger partial charge in [-0.15, -0.1) is 0 Å². The second-order valence-electron chi connectivity index (χ2n) is 5.02. The molecule has 1 fully saturated rings.